The minimum Gasteiger partial charge on any atom is -0.352 e. The SMILES string of the molecule is O=C(CN1CCN(C(C(=O)NC2CC2)c2ccc(F)cc2)CC1)Nc1ccccc1Cl. The van der Waals surface area contributed by atoms with Crippen molar-refractivity contribution in [2.24, 2.45) is 0 Å². The maximum atomic E-state index is 13.4. The van der Waals surface area contributed by atoms with Crippen LogP contribution in [-0.2, 0) is 9.59 Å². The van der Waals surface area contributed by atoms with E-state index in [4.69, 9.17) is 11.6 Å². The van der Waals surface area contributed by atoms with Gasteiger partial charge >= 0.3 is 0 Å². The maximum absolute atomic E-state index is 13.4. The van der Waals surface area contributed by atoms with Gasteiger partial charge in [0.1, 0.15) is 11.9 Å². The van der Waals surface area contributed by atoms with Crippen LogP contribution in [0.25, 0.3) is 0 Å². The number of rotatable bonds is 7. The van der Waals surface area contributed by atoms with Crippen molar-refractivity contribution >= 4 is 29.1 Å². The maximum Gasteiger partial charge on any atom is 0.242 e. The van der Waals surface area contributed by atoms with Gasteiger partial charge in [-0.15, -0.1) is 0 Å². The van der Waals surface area contributed by atoms with E-state index >= 15 is 0 Å². The summed E-state index contributed by atoms with van der Waals surface area (Å²) in [6, 6.07) is 13.1. The predicted molar refractivity (Wildman–Crippen MR) is 118 cm³/mol. The van der Waals surface area contributed by atoms with E-state index in [0.717, 1.165) is 18.4 Å². The Morgan fingerprint density at radius 2 is 1.71 bits per heavy atom. The topological polar surface area (TPSA) is 64.7 Å². The highest BCUT2D eigenvalue weighted by molar-refractivity contribution is 6.33. The lowest BCUT2D eigenvalue weighted by atomic mass is 10.0. The number of nitrogens with one attached hydrogen (secondary N) is 2. The quantitative estimate of drug-likeness (QED) is 0.689. The fourth-order valence-electron chi connectivity index (χ4n) is 3.82. The van der Waals surface area contributed by atoms with Gasteiger partial charge in [0, 0.05) is 32.2 Å². The van der Waals surface area contributed by atoms with Crippen molar-refractivity contribution in [1.29, 1.82) is 0 Å². The van der Waals surface area contributed by atoms with Crippen LogP contribution in [-0.4, -0.2) is 60.4 Å². The fraction of sp³-hybridized carbons (Fsp3) is 0.391. The van der Waals surface area contributed by atoms with Gasteiger partial charge in [-0.3, -0.25) is 19.4 Å². The molecule has 164 valence electrons. The van der Waals surface area contributed by atoms with Crippen LogP contribution >= 0.6 is 11.6 Å². The highest BCUT2D eigenvalue weighted by atomic mass is 35.5. The second-order valence-electron chi connectivity index (χ2n) is 8.08. The zero-order valence-corrected chi connectivity index (χ0v) is 17.9. The number of hydrogen-bond acceptors (Lipinski definition) is 4. The minimum absolute atomic E-state index is 0.0426. The molecule has 1 atom stereocenters. The monoisotopic (exact) mass is 444 g/mol. The molecule has 0 radical (unpaired) electrons. The molecule has 1 unspecified atom stereocenters. The highest BCUT2D eigenvalue weighted by Crippen LogP contribution is 2.26. The number of hydrogen-bond donors (Lipinski definition) is 2. The number of para-hydroxylation sites is 1. The van der Waals surface area contributed by atoms with Gasteiger partial charge in [0.2, 0.25) is 11.8 Å². The van der Waals surface area contributed by atoms with Gasteiger partial charge < -0.3 is 10.6 Å². The zero-order valence-electron chi connectivity index (χ0n) is 17.2. The van der Waals surface area contributed by atoms with E-state index in [0.29, 0.717) is 36.9 Å². The summed E-state index contributed by atoms with van der Waals surface area (Å²) in [5.41, 5.74) is 1.38. The third-order valence-corrected chi connectivity index (χ3v) is 5.97. The van der Waals surface area contributed by atoms with Crippen molar-refractivity contribution in [2.75, 3.05) is 38.0 Å². The van der Waals surface area contributed by atoms with E-state index in [1.54, 1.807) is 24.3 Å². The molecule has 2 fully saturated rings. The van der Waals surface area contributed by atoms with Crippen LogP contribution in [0.15, 0.2) is 48.5 Å². The molecule has 1 saturated heterocycles. The van der Waals surface area contributed by atoms with Crippen LogP contribution in [0.1, 0.15) is 24.4 Å². The third kappa shape index (κ3) is 5.81. The van der Waals surface area contributed by atoms with Crippen LogP contribution in [0.4, 0.5) is 10.1 Å². The van der Waals surface area contributed by atoms with Crippen molar-refractivity contribution in [3.05, 3.63) is 64.9 Å². The number of halogens is 2. The van der Waals surface area contributed by atoms with E-state index in [1.807, 2.05) is 12.1 Å². The summed E-state index contributed by atoms with van der Waals surface area (Å²) in [6.07, 6.45) is 2.02. The van der Waals surface area contributed by atoms with Crippen molar-refractivity contribution in [2.45, 2.75) is 24.9 Å². The summed E-state index contributed by atoms with van der Waals surface area (Å²) >= 11 is 6.11. The summed E-state index contributed by atoms with van der Waals surface area (Å²) in [4.78, 5) is 29.5. The number of anilines is 1. The molecule has 6 nitrogen and oxygen atoms in total. The summed E-state index contributed by atoms with van der Waals surface area (Å²) in [5, 5.41) is 6.42. The largest absolute Gasteiger partial charge is 0.352 e. The molecule has 31 heavy (non-hydrogen) atoms. The first-order valence-corrected chi connectivity index (χ1v) is 10.9. The summed E-state index contributed by atoms with van der Waals surface area (Å²) in [6.45, 7) is 2.85. The Morgan fingerprint density at radius 1 is 1.03 bits per heavy atom. The predicted octanol–water partition coefficient (Wildman–Crippen LogP) is 3.06. The van der Waals surface area contributed by atoms with Gasteiger partial charge in [-0.05, 0) is 42.7 Å². The fourth-order valence-corrected chi connectivity index (χ4v) is 4.00. The molecule has 2 N–H and O–H groups in total. The first-order valence-electron chi connectivity index (χ1n) is 10.6. The number of amides is 2. The van der Waals surface area contributed by atoms with Crippen LogP contribution in [0, 0.1) is 5.82 Å². The van der Waals surface area contributed by atoms with E-state index < -0.39 is 6.04 Å². The lowest BCUT2D eigenvalue weighted by Gasteiger charge is -2.38. The second-order valence-corrected chi connectivity index (χ2v) is 8.48. The molecule has 2 aliphatic rings. The average molecular weight is 445 g/mol. The van der Waals surface area contributed by atoms with Crippen LogP contribution in [0.2, 0.25) is 5.02 Å². The molecule has 1 aliphatic carbocycles. The molecule has 1 heterocycles. The van der Waals surface area contributed by atoms with Crippen molar-refractivity contribution in [3.8, 4) is 0 Å². The van der Waals surface area contributed by atoms with Gasteiger partial charge in [0.25, 0.3) is 0 Å². The average Bonchev–Trinajstić information content (AvgIpc) is 3.56. The molecule has 0 spiro atoms. The summed E-state index contributed by atoms with van der Waals surface area (Å²) in [5.74, 6) is -0.485. The van der Waals surface area contributed by atoms with Gasteiger partial charge in [-0.2, -0.15) is 0 Å². The molecule has 0 bridgehead atoms. The van der Waals surface area contributed by atoms with Crippen LogP contribution in [0.5, 0.6) is 0 Å². The van der Waals surface area contributed by atoms with Crippen molar-refractivity contribution in [3.63, 3.8) is 0 Å². The van der Waals surface area contributed by atoms with Gasteiger partial charge in [-0.1, -0.05) is 35.9 Å². The lowest BCUT2D eigenvalue weighted by Crippen LogP contribution is -2.52. The molecular weight excluding hydrogens is 419 g/mol. The van der Waals surface area contributed by atoms with E-state index in [2.05, 4.69) is 20.4 Å². The Balaban J connectivity index is 1.35. The highest BCUT2D eigenvalue weighted by Gasteiger charge is 2.34. The standard InChI is InChI=1S/C23H26ClFN4O2/c24-19-3-1-2-4-20(19)27-21(30)15-28-11-13-29(14-12-28)22(23(31)26-18-9-10-18)16-5-7-17(25)8-6-16/h1-8,18,22H,9-15H2,(H,26,31)(H,27,30). The van der Waals surface area contributed by atoms with Gasteiger partial charge in [0.15, 0.2) is 0 Å². The van der Waals surface area contributed by atoms with Crippen LogP contribution in [0.3, 0.4) is 0 Å². The van der Waals surface area contributed by atoms with Crippen molar-refractivity contribution < 1.29 is 14.0 Å². The molecule has 4 rings (SSSR count). The van der Waals surface area contributed by atoms with Crippen molar-refractivity contribution in [1.82, 2.24) is 15.1 Å². The Morgan fingerprint density at radius 3 is 2.35 bits per heavy atom. The normalized spacial score (nSPS) is 18.4. The van der Waals surface area contributed by atoms with E-state index in [9.17, 15) is 14.0 Å². The lowest BCUT2D eigenvalue weighted by molar-refractivity contribution is -0.128. The first kappa shape index (κ1) is 21.7. The van der Waals surface area contributed by atoms with E-state index in [1.165, 1.54) is 12.1 Å². The van der Waals surface area contributed by atoms with Gasteiger partial charge in [0.05, 0.1) is 17.3 Å². The minimum atomic E-state index is -0.458. The third-order valence-electron chi connectivity index (χ3n) is 5.65. The smallest absolute Gasteiger partial charge is 0.242 e. The Hall–Kier alpha value is -2.48. The number of piperazine rings is 1. The first-order chi connectivity index (χ1) is 15.0. The number of nitrogens with zero attached hydrogens (tertiary/aromatic N) is 2. The van der Waals surface area contributed by atoms with E-state index in [-0.39, 0.29) is 30.2 Å². The van der Waals surface area contributed by atoms with Crippen LogP contribution < -0.4 is 10.6 Å². The Bertz CT molecular complexity index is 927. The molecule has 2 aromatic rings. The number of carbonyl (C=O) groups excluding carboxylic acids is 2. The summed E-state index contributed by atoms with van der Waals surface area (Å²) < 4.78 is 13.4. The second kappa shape index (κ2) is 9.77. The zero-order chi connectivity index (χ0) is 21.8. The Labute approximate surface area is 186 Å². The molecule has 1 saturated carbocycles. The molecule has 2 aromatic carbocycles. The number of benzene rings is 2. The molecular formula is C23H26ClFN4O2. The molecule has 1 aliphatic heterocycles. The Kier molecular flexibility index (Phi) is 6.85. The summed E-state index contributed by atoms with van der Waals surface area (Å²) in [7, 11) is 0. The number of carbonyl (C=O) groups is 2. The molecule has 2 amide bonds. The molecule has 0 aromatic heterocycles. The van der Waals surface area contributed by atoms with Gasteiger partial charge in [-0.25, -0.2) is 4.39 Å². The molecule has 8 heteroatoms.